The fourth-order valence-corrected chi connectivity index (χ4v) is 1.98. The van der Waals surface area contributed by atoms with E-state index in [9.17, 15) is 9.59 Å². The summed E-state index contributed by atoms with van der Waals surface area (Å²) in [5, 5.41) is 7.38. The van der Waals surface area contributed by atoms with Gasteiger partial charge < -0.3 is 15.4 Å². The molecule has 0 saturated carbocycles. The molecule has 0 unspecified atom stereocenters. The molecule has 1 aliphatic rings. The number of esters is 1. The highest BCUT2D eigenvalue weighted by atomic mass is 16.5. The maximum absolute atomic E-state index is 11.9. The Labute approximate surface area is 110 Å². The molecule has 0 spiro atoms. The van der Waals surface area contributed by atoms with Gasteiger partial charge in [-0.05, 0) is 19.8 Å². The molecule has 0 aromatic carbocycles. The quantitative estimate of drug-likeness (QED) is 0.748. The van der Waals surface area contributed by atoms with Crippen molar-refractivity contribution < 1.29 is 14.3 Å². The van der Waals surface area contributed by atoms with Crippen LogP contribution in [0.1, 0.15) is 30.3 Å². The summed E-state index contributed by atoms with van der Waals surface area (Å²) in [7, 11) is 0. The lowest BCUT2D eigenvalue weighted by Gasteiger charge is -2.14. The number of ether oxygens (including phenoxy) is 1. The Morgan fingerprint density at radius 1 is 1.37 bits per heavy atom. The molecule has 1 saturated heterocycles. The number of amides is 1. The number of hydrogen-bond donors (Lipinski definition) is 1. The minimum absolute atomic E-state index is 0.00175. The van der Waals surface area contributed by atoms with Crippen molar-refractivity contribution in [2.75, 3.05) is 25.4 Å². The van der Waals surface area contributed by atoms with Crippen LogP contribution in [0.15, 0.2) is 0 Å². The van der Waals surface area contributed by atoms with Crippen LogP contribution in [0.5, 0.6) is 0 Å². The number of carbonyl (C=O) groups excluding carboxylic acids is 2. The number of nitrogens with zero attached hydrogens (tertiary/aromatic N) is 4. The van der Waals surface area contributed by atoms with E-state index in [0.29, 0.717) is 0 Å². The number of aromatic nitrogens is 3. The average Bonchev–Trinajstić information content (AvgIpc) is 3.01. The fourth-order valence-electron chi connectivity index (χ4n) is 1.98. The van der Waals surface area contributed by atoms with E-state index in [1.807, 2.05) is 0 Å². The van der Waals surface area contributed by atoms with Crippen LogP contribution < -0.4 is 5.73 Å². The van der Waals surface area contributed by atoms with Crippen molar-refractivity contribution in [1.82, 2.24) is 19.9 Å². The molecule has 2 heterocycles. The van der Waals surface area contributed by atoms with Crippen LogP contribution in [0.25, 0.3) is 0 Å². The van der Waals surface area contributed by atoms with Gasteiger partial charge in [0.15, 0.2) is 5.82 Å². The van der Waals surface area contributed by atoms with E-state index < -0.39 is 5.97 Å². The predicted octanol–water partition coefficient (Wildman–Crippen LogP) is -0.341. The van der Waals surface area contributed by atoms with E-state index >= 15 is 0 Å². The van der Waals surface area contributed by atoms with Crippen molar-refractivity contribution in [3.8, 4) is 0 Å². The Bertz CT molecular complexity index is 479. The van der Waals surface area contributed by atoms with Crippen molar-refractivity contribution in [1.29, 1.82) is 0 Å². The zero-order chi connectivity index (χ0) is 13.8. The number of hydrogen-bond acceptors (Lipinski definition) is 6. The highest BCUT2D eigenvalue weighted by Gasteiger charge is 2.23. The van der Waals surface area contributed by atoms with Crippen LogP contribution in [-0.4, -0.2) is 51.5 Å². The molecule has 0 aliphatic carbocycles. The monoisotopic (exact) mass is 267 g/mol. The van der Waals surface area contributed by atoms with Crippen LogP contribution >= 0.6 is 0 Å². The first-order valence-electron chi connectivity index (χ1n) is 6.27. The van der Waals surface area contributed by atoms with Gasteiger partial charge in [0.2, 0.25) is 11.6 Å². The number of rotatable bonds is 4. The first-order valence-corrected chi connectivity index (χ1v) is 6.27. The molecule has 0 bridgehead atoms. The summed E-state index contributed by atoms with van der Waals surface area (Å²) < 4.78 is 6.03. The van der Waals surface area contributed by atoms with E-state index in [2.05, 4.69) is 10.3 Å². The van der Waals surface area contributed by atoms with E-state index in [1.54, 1.807) is 11.8 Å². The zero-order valence-electron chi connectivity index (χ0n) is 10.8. The lowest BCUT2D eigenvalue weighted by Crippen LogP contribution is -2.31. The van der Waals surface area contributed by atoms with Gasteiger partial charge in [-0.2, -0.15) is 0 Å². The number of likely N-dealkylation sites (tertiary alicyclic amines) is 1. The second-order valence-corrected chi connectivity index (χ2v) is 4.29. The van der Waals surface area contributed by atoms with Crippen molar-refractivity contribution >= 4 is 17.7 Å². The lowest BCUT2D eigenvalue weighted by atomic mass is 10.4. The Morgan fingerprint density at radius 3 is 2.68 bits per heavy atom. The summed E-state index contributed by atoms with van der Waals surface area (Å²) in [6.07, 6.45) is 2.04. The molecule has 2 N–H and O–H groups in total. The first kappa shape index (κ1) is 13.3. The van der Waals surface area contributed by atoms with Crippen molar-refractivity contribution in [2.24, 2.45) is 0 Å². The third kappa shape index (κ3) is 2.83. The van der Waals surface area contributed by atoms with Gasteiger partial charge >= 0.3 is 5.97 Å². The summed E-state index contributed by atoms with van der Waals surface area (Å²) >= 11 is 0. The van der Waals surface area contributed by atoms with E-state index in [1.165, 1.54) is 4.68 Å². The molecule has 2 rings (SSSR count). The van der Waals surface area contributed by atoms with E-state index in [4.69, 9.17) is 10.5 Å². The summed E-state index contributed by atoms with van der Waals surface area (Å²) in [6, 6.07) is 0. The Hall–Kier alpha value is -2.12. The third-order valence-electron chi connectivity index (χ3n) is 2.99. The fraction of sp³-hybridized carbons (Fsp3) is 0.636. The van der Waals surface area contributed by atoms with Gasteiger partial charge in [-0.3, -0.25) is 4.79 Å². The summed E-state index contributed by atoms with van der Waals surface area (Å²) in [6.45, 7) is 3.45. The van der Waals surface area contributed by atoms with Crippen LogP contribution in [0, 0.1) is 0 Å². The van der Waals surface area contributed by atoms with Gasteiger partial charge in [0.05, 0.1) is 6.61 Å². The highest BCUT2D eigenvalue weighted by Crippen LogP contribution is 2.12. The maximum Gasteiger partial charge on any atom is 0.362 e. The maximum atomic E-state index is 11.9. The molecule has 19 heavy (non-hydrogen) atoms. The number of anilines is 1. The van der Waals surface area contributed by atoms with Gasteiger partial charge in [0.25, 0.3) is 0 Å². The van der Waals surface area contributed by atoms with Gasteiger partial charge in [0.1, 0.15) is 6.54 Å². The largest absolute Gasteiger partial charge is 0.461 e. The summed E-state index contributed by atoms with van der Waals surface area (Å²) in [5.41, 5.74) is 5.70. The van der Waals surface area contributed by atoms with Crippen molar-refractivity contribution in [3.05, 3.63) is 5.69 Å². The summed E-state index contributed by atoms with van der Waals surface area (Å²) in [4.78, 5) is 25.2. The van der Waals surface area contributed by atoms with Gasteiger partial charge in [-0.25, -0.2) is 9.48 Å². The first-order chi connectivity index (χ1) is 9.13. The zero-order valence-corrected chi connectivity index (χ0v) is 10.8. The molecule has 8 nitrogen and oxygen atoms in total. The standard InChI is InChI=1S/C11H17N5O3/c1-2-19-11(18)9-10(12)16(14-13-9)7-8(17)15-5-3-4-6-15/h2-7,12H2,1H3. The SMILES string of the molecule is CCOC(=O)c1nnn(CC(=O)N2CCCC2)c1N. The minimum Gasteiger partial charge on any atom is -0.461 e. The van der Waals surface area contributed by atoms with Crippen LogP contribution in [0.3, 0.4) is 0 Å². The van der Waals surface area contributed by atoms with Crippen LogP contribution in [-0.2, 0) is 16.1 Å². The smallest absolute Gasteiger partial charge is 0.362 e. The molecule has 1 aromatic rings. The predicted molar refractivity (Wildman–Crippen MR) is 66.2 cm³/mol. The molecule has 1 aromatic heterocycles. The van der Waals surface area contributed by atoms with Crippen molar-refractivity contribution in [3.63, 3.8) is 0 Å². The second-order valence-electron chi connectivity index (χ2n) is 4.29. The molecule has 1 fully saturated rings. The minimum atomic E-state index is -0.625. The molecule has 104 valence electrons. The Kier molecular flexibility index (Phi) is 3.98. The summed E-state index contributed by atoms with van der Waals surface area (Å²) in [5.74, 6) is -0.629. The topological polar surface area (TPSA) is 103 Å². The number of nitrogens with two attached hydrogens (primary N) is 1. The highest BCUT2D eigenvalue weighted by molar-refractivity contribution is 5.92. The van der Waals surface area contributed by atoms with Crippen LogP contribution in [0.2, 0.25) is 0 Å². The van der Waals surface area contributed by atoms with E-state index in [0.717, 1.165) is 25.9 Å². The molecule has 1 aliphatic heterocycles. The normalized spacial score (nSPS) is 14.7. The molecular formula is C11H17N5O3. The molecule has 0 atom stereocenters. The van der Waals surface area contributed by atoms with E-state index in [-0.39, 0.29) is 30.6 Å². The van der Waals surface area contributed by atoms with Crippen molar-refractivity contribution in [2.45, 2.75) is 26.3 Å². The average molecular weight is 267 g/mol. The van der Waals surface area contributed by atoms with Crippen LogP contribution in [0.4, 0.5) is 5.82 Å². The van der Waals surface area contributed by atoms with Gasteiger partial charge in [-0.15, -0.1) is 5.10 Å². The molecule has 8 heteroatoms. The number of nitrogen functional groups attached to an aromatic ring is 1. The van der Waals surface area contributed by atoms with Gasteiger partial charge in [-0.1, -0.05) is 5.21 Å². The lowest BCUT2D eigenvalue weighted by molar-refractivity contribution is -0.130. The molecule has 0 radical (unpaired) electrons. The molecular weight excluding hydrogens is 250 g/mol. The molecule has 1 amide bonds. The number of carbonyl (C=O) groups is 2. The Balaban J connectivity index is 2.05. The Morgan fingerprint density at radius 2 is 2.05 bits per heavy atom. The second kappa shape index (κ2) is 5.68. The third-order valence-corrected chi connectivity index (χ3v) is 2.99. The van der Waals surface area contributed by atoms with Gasteiger partial charge in [0, 0.05) is 13.1 Å².